The van der Waals surface area contributed by atoms with Crippen molar-refractivity contribution in [2.75, 3.05) is 0 Å². The summed E-state index contributed by atoms with van der Waals surface area (Å²) in [6.07, 6.45) is 0. The van der Waals surface area contributed by atoms with Crippen molar-refractivity contribution in [3.63, 3.8) is 0 Å². The van der Waals surface area contributed by atoms with E-state index in [9.17, 15) is 4.39 Å². The summed E-state index contributed by atoms with van der Waals surface area (Å²) in [5.74, 6) is 1.02. The summed E-state index contributed by atoms with van der Waals surface area (Å²) in [4.78, 5) is 0. The van der Waals surface area contributed by atoms with Crippen LogP contribution in [-0.2, 0) is 6.61 Å². The molecule has 0 fully saturated rings. The van der Waals surface area contributed by atoms with Crippen molar-refractivity contribution in [3.05, 3.63) is 59.4 Å². The van der Waals surface area contributed by atoms with Gasteiger partial charge in [-0.2, -0.15) is 0 Å². The molecular weight excluding hydrogens is 219 g/mol. The van der Waals surface area contributed by atoms with Gasteiger partial charge in [-0.3, -0.25) is 0 Å². The maximum atomic E-state index is 12.9. The summed E-state index contributed by atoms with van der Waals surface area (Å²) < 4.78 is 18.5. The van der Waals surface area contributed by atoms with Crippen molar-refractivity contribution in [1.82, 2.24) is 0 Å². The summed E-state index contributed by atoms with van der Waals surface area (Å²) in [5.41, 5.74) is 1.57. The first-order valence-corrected chi connectivity index (χ1v) is 5.33. The van der Waals surface area contributed by atoms with Crippen molar-refractivity contribution < 1.29 is 14.2 Å². The maximum absolute atomic E-state index is 12.9. The minimum Gasteiger partial charge on any atom is -0.457 e. The number of hydrogen-bond donors (Lipinski definition) is 1. The van der Waals surface area contributed by atoms with Gasteiger partial charge < -0.3 is 9.84 Å². The zero-order valence-corrected chi connectivity index (χ0v) is 9.48. The van der Waals surface area contributed by atoms with Crippen molar-refractivity contribution >= 4 is 0 Å². The zero-order valence-electron chi connectivity index (χ0n) is 9.48. The molecule has 0 heterocycles. The zero-order chi connectivity index (χ0) is 12.3. The van der Waals surface area contributed by atoms with Crippen LogP contribution in [0, 0.1) is 12.7 Å². The number of ether oxygens (including phenoxy) is 1. The van der Waals surface area contributed by atoms with Crippen molar-refractivity contribution in [1.29, 1.82) is 0 Å². The highest BCUT2D eigenvalue weighted by atomic mass is 19.1. The Morgan fingerprint density at radius 2 is 1.82 bits per heavy atom. The van der Waals surface area contributed by atoms with Gasteiger partial charge >= 0.3 is 0 Å². The van der Waals surface area contributed by atoms with Crippen molar-refractivity contribution in [2.24, 2.45) is 0 Å². The number of aliphatic hydroxyl groups excluding tert-OH is 1. The third-order valence-corrected chi connectivity index (χ3v) is 2.47. The SMILES string of the molecule is Cc1cc(F)ccc1Oc1ccc(CO)cc1. The molecule has 2 aromatic rings. The monoisotopic (exact) mass is 232 g/mol. The van der Waals surface area contributed by atoms with Gasteiger partial charge in [-0.1, -0.05) is 12.1 Å². The maximum Gasteiger partial charge on any atom is 0.130 e. The molecule has 17 heavy (non-hydrogen) atoms. The molecule has 2 rings (SSSR count). The second-order valence-corrected chi connectivity index (χ2v) is 3.81. The van der Waals surface area contributed by atoms with E-state index >= 15 is 0 Å². The molecule has 0 atom stereocenters. The van der Waals surface area contributed by atoms with E-state index in [0.29, 0.717) is 11.5 Å². The average molecular weight is 232 g/mol. The first-order chi connectivity index (χ1) is 8.19. The Labute approximate surface area is 99.3 Å². The van der Waals surface area contributed by atoms with E-state index in [1.807, 2.05) is 0 Å². The highest BCUT2D eigenvalue weighted by Crippen LogP contribution is 2.25. The average Bonchev–Trinajstić information content (AvgIpc) is 2.34. The lowest BCUT2D eigenvalue weighted by Gasteiger charge is -2.08. The molecule has 0 radical (unpaired) electrons. The standard InChI is InChI=1S/C14H13FO2/c1-10-8-12(15)4-7-14(10)17-13-5-2-11(9-16)3-6-13/h2-8,16H,9H2,1H3. The quantitative estimate of drug-likeness (QED) is 0.878. The molecule has 0 amide bonds. The van der Waals surface area contributed by atoms with Crippen LogP contribution < -0.4 is 4.74 Å². The summed E-state index contributed by atoms with van der Waals surface area (Å²) in [5, 5.41) is 8.91. The lowest BCUT2D eigenvalue weighted by Crippen LogP contribution is -1.89. The Balaban J connectivity index is 2.19. The van der Waals surface area contributed by atoms with Gasteiger partial charge in [0, 0.05) is 0 Å². The summed E-state index contributed by atoms with van der Waals surface area (Å²) in [7, 11) is 0. The van der Waals surface area contributed by atoms with Gasteiger partial charge in [0.2, 0.25) is 0 Å². The first kappa shape index (κ1) is 11.6. The Morgan fingerprint density at radius 1 is 1.12 bits per heavy atom. The van der Waals surface area contributed by atoms with Gasteiger partial charge in [0.1, 0.15) is 17.3 Å². The largest absolute Gasteiger partial charge is 0.457 e. The van der Waals surface area contributed by atoms with Gasteiger partial charge in [0.25, 0.3) is 0 Å². The Bertz CT molecular complexity index is 506. The van der Waals surface area contributed by atoms with E-state index in [2.05, 4.69) is 0 Å². The molecule has 2 nitrogen and oxygen atoms in total. The van der Waals surface area contributed by atoms with Crippen LogP contribution in [0.4, 0.5) is 4.39 Å². The van der Waals surface area contributed by atoms with Crippen LogP contribution in [0.5, 0.6) is 11.5 Å². The molecule has 0 aliphatic carbocycles. The summed E-state index contributed by atoms with van der Waals surface area (Å²) in [6, 6.07) is 11.5. The molecular formula is C14H13FO2. The van der Waals surface area contributed by atoms with Crippen LogP contribution >= 0.6 is 0 Å². The van der Waals surface area contributed by atoms with Gasteiger partial charge in [-0.15, -0.1) is 0 Å². The van der Waals surface area contributed by atoms with Crippen LogP contribution in [0.3, 0.4) is 0 Å². The Morgan fingerprint density at radius 3 is 2.41 bits per heavy atom. The van der Waals surface area contributed by atoms with Gasteiger partial charge in [-0.25, -0.2) is 4.39 Å². The number of halogens is 1. The molecule has 0 bridgehead atoms. The van der Waals surface area contributed by atoms with Crippen LogP contribution in [0.15, 0.2) is 42.5 Å². The first-order valence-electron chi connectivity index (χ1n) is 5.33. The molecule has 0 unspecified atom stereocenters. The third-order valence-electron chi connectivity index (χ3n) is 2.47. The highest BCUT2D eigenvalue weighted by Gasteiger charge is 2.02. The Hall–Kier alpha value is -1.87. The van der Waals surface area contributed by atoms with Crippen molar-refractivity contribution in [3.8, 4) is 11.5 Å². The number of aryl methyl sites for hydroxylation is 1. The highest BCUT2D eigenvalue weighted by molar-refractivity contribution is 5.38. The third kappa shape index (κ3) is 2.82. The van der Waals surface area contributed by atoms with Crippen LogP contribution in [0.1, 0.15) is 11.1 Å². The fourth-order valence-electron chi connectivity index (χ4n) is 1.52. The van der Waals surface area contributed by atoms with E-state index in [4.69, 9.17) is 9.84 Å². The molecule has 0 saturated carbocycles. The molecule has 0 saturated heterocycles. The fourth-order valence-corrected chi connectivity index (χ4v) is 1.52. The minimum absolute atomic E-state index is 0.00978. The molecule has 0 spiro atoms. The number of hydrogen-bond acceptors (Lipinski definition) is 2. The lowest BCUT2D eigenvalue weighted by molar-refractivity contribution is 0.281. The normalized spacial score (nSPS) is 10.3. The molecule has 88 valence electrons. The van der Waals surface area contributed by atoms with Gasteiger partial charge in [0.05, 0.1) is 6.61 Å². The summed E-state index contributed by atoms with van der Waals surface area (Å²) in [6.45, 7) is 1.80. The van der Waals surface area contributed by atoms with Crippen molar-refractivity contribution in [2.45, 2.75) is 13.5 Å². The van der Waals surface area contributed by atoms with Crippen LogP contribution in [0.25, 0.3) is 0 Å². The number of aliphatic hydroxyl groups is 1. The van der Waals surface area contributed by atoms with E-state index < -0.39 is 0 Å². The van der Waals surface area contributed by atoms with Gasteiger partial charge in [-0.05, 0) is 48.4 Å². The minimum atomic E-state index is -0.273. The number of benzene rings is 2. The van der Waals surface area contributed by atoms with Crippen LogP contribution in [-0.4, -0.2) is 5.11 Å². The summed E-state index contributed by atoms with van der Waals surface area (Å²) >= 11 is 0. The fraction of sp³-hybridized carbons (Fsp3) is 0.143. The smallest absolute Gasteiger partial charge is 0.130 e. The molecule has 1 N–H and O–H groups in total. The van der Waals surface area contributed by atoms with E-state index in [1.54, 1.807) is 37.3 Å². The molecule has 0 aliphatic heterocycles. The lowest BCUT2D eigenvalue weighted by atomic mass is 10.2. The predicted molar refractivity (Wildman–Crippen MR) is 63.6 cm³/mol. The van der Waals surface area contributed by atoms with E-state index in [-0.39, 0.29) is 12.4 Å². The van der Waals surface area contributed by atoms with E-state index in [0.717, 1.165) is 11.1 Å². The topological polar surface area (TPSA) is 29.5 Å². The molecule has 0 aliphatic rings. The van der Waals surface area contributed by atoms with E-state index in [1.165, 1.54) is 12.1 Å². The number of rotatable bonds is 3. The Kier molecular flexibility index (Phi) is 3.40. The van der Waals surface area contributed by atoms with Crippen LogP contribution in [0.2, 0.25) is 0 Å². The second-order valence-electron chi connectivity index (χ2n) is 3.81. The molecule has 3 heteroatoms. The molecule has 2 aromatic carbocycles. The second kappa shape index (κ2) is 4.97. The van der Waals surface area contributed by atoms with Gasteiger partial charge in [0.15, 0.2) is 0 Å². The molecule has 0 aromatic heterocycles. The predicted octanol–water partition coefficient (Wildman–Crippen LogP) is 3.42.